The lowest BCUT2D eigenvalue weighted by molar-refractivity contribution is 0.292. The van der Waals surface area contributed by atoms with Gasteiger partial charge in [-0.1, -0.05) is 6.92 Å². The van der Waals surface area contributed by atoms with Crippen LogP contribution in [0.1, 0.15) is 25.2 Å². The third-order valence-corrected chi connectivity index (χ3v) is 2.80. The Kier molecular flexibility index (Phi) is 3.87. The minimum atomic E-state index is 0.245. The molecular weight excluding hydrogens is 228 g/mol. The molecule has 0 bridgehead atoms. The summed E-state index contributed by atoms with van der Waals surface area (Å²) >= 11 is 0. The van der Waals surface area contributed by atoms with Crippen molar-refractivity contribution < 1.29 is 9.84 Å². The maximum absolute atomic E-state index is 9.19. The van der Waals surface area contributed by atoms with Gasteiger partial charge in [-0.2, -0.15) is 5.10 Å². The molecule has 1 aromatic carbocycles. The Hall–Kier alpha value is -1.97. The molecule has 4 heteroatoms. The number of phenolic OH excluding ortho intramolecular Hbond substituents is 1. The third-order valence-electron chi connectivity index (χ3n) is 2.80. The van der Waals surface area contributed by atoms with Crippen LogP contribution < -0.4 is 4.74 Å². The van der Waals surface area contributed by atoms with E-state index in [-0.39, 0.29) is 5.75 Å². The van der Waals surface area contributed by atoms with Crippen LogP contribution in [0.5, 0.6) is 11.5 Å². The van der Waals surface area contributed by atoms with Crippen molar-refractivity contribution >= 4 is 0 Å². The molecule has 96 valence electrons. The van der Waals surface area contributed by atoms with Crippen LogP contribution in [0.2, 0.25) is 0 Å². The van der Waals surface area contributed by atoms with Gasteiger partial charge >= 0.3 is 0 Å². The van der Waals surface area contributed by atoms with Crippen molar-refractivity contribution in [2.75, 3.05) is 0 Å². The molecule has 0 saturated carbocycles. The molecule has 0 saturated heterocycles. The van der Waals surface area contributed by atoms with Gasteiger partial charge in [-0.25, -0.2) is 0 Å². The Morgan fingerprint density at radius 1 is 1.22 bits per heavy atom. The summed E-state index contributed by atoms with van der Waals surface area (Å²) in [6.07, 6.45) is 0.930. The van der Waals surface area contributed by atoms with Crippen molar-refractivity contribution in [3.05, 3.63) is 41.7 Å². The normalized spacial score (nSPS) is 10.6. The molecule has 18 heavy (non-hydrogen) atoms. The molecule has 1 aromatic heterocycles. The maximum Gasteiger partial charge on any atom is 0.130 e. The van der Waals surface area contributed by atoms with Crippen LogP contribution in [-0.4, -0.2) is 14.9 Å². The van der Waals surface area contributed by atoms with E-state index < -0.39 is 0 Å². The van der Waals surface area contributed by atoms with E-state index >= 15 is 0 Å². The molecule has 1 N–H and O–H groups in total. The standard InChI is InChI=1S/C14H18N2O2/c1-3-11-9-12(16(4-2)15-11)10-18-14-7-5-13(17)6-8-14/h5-9,17H,3-4,10H2,1-2H3. The highest BCUT2D eigenvalue weighted by molar-refractivity contribution is 5.30. The van der Waals surface area contributed by atoms with Crippen LogP contribution in [0, 0.1) is 0 Å². The van der Waals surface area contributed by atoms with E-state index in [1.807, 2.05) is 4.68 Å². The number of aromatic hydroxyl groups is 1. The van der Waals surface area contributed by atoms with Gasteiger partial charge in [0.05, 0.1) is 11.4 Å². The summed E-state index contributed by atoms with van der Waals surface area (Å²) in [5.41, 5.74) is 2.16. The van der Waals surface area contributed by atoms with Crippen LogP contribution in [0.25, 0.3) is 0 Å². The highest BCUT2D eigenvalue weighted by Crippen LogP contribution is 2.17. The predicted octanol–water partition coefficient (Wildman–Crippen LogP) is 2.75. The lowest BCUT2D eigenvalue weighted by Crippen LogP contribution is -2.06. The van der Waals surface area contributed by atoms with Crippen LogP contribution in [0.4, 0.5) is 0 Å². The van der Waals surface area contributed by atoms with Gasteiger partial charge in [-0.15, -0.1) is 0 Å². The Bertz CT molecular complexity index is 503. The minimum Gasteiger partial charge on any atom is -0.508 e. The molecule has 0 aliphatic carbocycles. The first-order chi connectivity index (χ1) is 8.72. The van der Waals surface area contributed by atoms with Crippen LogP contribution in [-0.2, 0) is 19.6 Å². The molecule has 4 nitrogen and oxygen atoms in total. The molecule has 0 unspecified atom stereocenters. The van der Waals surface area contributed by atoms with Gasteiger partial charge in [0.1, 0.15) is 18.1 Å². The van der Waals surface area contributed by atoms with Crippen molar-refractivity contribution in [3.63, 3.8) is 0 Å². The molecular formula is C14H18N2O2. The topological polar surface area (TPSA) is 47.3 Å². The molecule has 0 aliphatic heterocycles. The maximum atomic E-state index is 9.19. The van der Waals surface area contributed by atoms with Gasteiger partial charge in [-0.05, 0) is 43.7 Å². The molecule has 0 amide bonds. The van der Waals surface area contributed by atoms with Crippen LogP contribution >= 0.6 is 0 Å². The van der Waals surface area contributed by atoms with Crippen molar-refractivity contribution in [1.82, 2.24) is 9.78 Å². The molecule has 0 radical (unpaired) electrons. The second-order valence-corrected chi connectivity index (χ2v) is 4.08. The highest BCUT2D eigenvalue weighted by atomic mass is 16.5. The number of phenols is 1. The first-order valence-electron chi connectivity index (χ1n) is 6.20. The van der Waals surface area contributed by atoms with Crippen molar-refractivity contribution in [1.29, 1.82) is 0 Å². The van der Waals surface area contributed by atoms with E-state index in [2.05, 4.69) is 25.0 Å². The SMILES string of the molecule is CCc1cc(COc2ccc(O)cc2)n(CC)n1. The number of hydrogen-bond acceptors (Lipinski definition) is 3. The van der Waals surface area contributed by atoms with E-state index in [0.717, 1.165) is 30.1 Å². The minimum absolute atomic E-state index is 0.245. The lowest BCUT2D eigenvalue weighted by atomic mass is 10.3. The fourth-order valence-corrected chi connectivity index (χ4v) is 1.78. The summed E-state index contributed by atoms with van der Waals surface area (Å²) in [5, 5.41) is 13.7. The molecule has 1 heterocycles. The van der Waals surface area contributed by atoms with E-state index in [4.69, 9.17) is 4.74 Å². The fourth-order valence-electron chi connectivity index (χ4n) is 1.78. The number of aryl methyl sites for hydroxylation is 2. The first-order valence-corrected chi connectivity index (χ1v) is 6.20. The van der Waals surface area contributed by atoms with E-state index in [0.29, 0.717) is 6.61 Å². The number of rotatable bonds is 5. The second kappa shape index (κ2) is 5.58. The number of nitrogens with zero attached hydrogens (tertiary/aromatic N) is 2. The van der Waals surface area contributed by atoms with Crippen molar-refractivity contribution in [2.45, 2.75) is 33.4 Å². The zero-order valence-electron chi connectivity index (χ0n) is 10.8. The summed E-state index contributed by atoms with van der Waals surface area (Å²) in [6, 6.07) is 8.81. The zero-order chi connectivity index (χ0) is 13.0. The molecule has 0 atom stereocenters. The van der Waals surface area contributed by atoms with Gasteiger partial charge in [0.2, 0.25) is 0 Å². The number of benzene rings is 1. The molecule has 0 aliphatic rings. The first kappa shape index (κ1) is 12.5. The Labute approximate surface area is 107 Å². The largest absolute Gasteiger partial charge is 0.508 e. The van der Waals surface area contributed by atoms with Gasteiger partial charge < -0.3 is 9.84 Å². The average molecular weight is 246 g/mol. The molecule has 2 rings (SSSR count). The van der Waals surface area contributed by atoms with Crippen molar-refractivity contribution in [2.24, 2.45) is 0 Å². The third kappa shape index (κ3) is 2.83. The van der Waals surface area contributed by atoms with Gasteiger partial charge in [0.15, 0.2) is 0 Å². The quantitative estimate of drug-likeness (QED) is 0.882. The Morgan fingerprint density at radius 3 is 2.56 bits per heavy atom. The monoisotopic (exact) mass is 246 g/mol. The lowest BCUT2D eigenvalue weighted by Gasteiger charge is -2.07. The fraction of sp³-hybridized carbons (Fsp3) is 0.357. The van der Waals surface area contributed by atoms with Gasteiger partial charge in [0.25, 0.3) is 0 Å². The summed E-state index contributed by atoms with van der Waals surface area (Å²) in [4.78, 5) is 0. The zero-order valence-corrected chi connectivity index (χ0v) is 10.8. The molecule has 0 spiro atoms. The summed E-state index contributed by atoms with van der Waals surface area (Å²) in [6.45, 7) is 5.49. The Morgan fingerprint density at radius 2 is 1.94 bits per heavy atom. The summed E-state index contributed by atoms with van der Waals surface area (Å²) in [7, 11) is 0. The molecule has 0 fully saturated rings. The average Bonchev–Trinajstić information content (AvgIpc) is 2.80. The predicted molar refractivity (Wildman–Crippen MR) is 69.7 cm³/mol. The van der Waals surface area contributed by atoms with E-state index in [1.54, 1.807) is 24.3 Å². The second-order valence-electron chi connectivity index (χ2n) is 4.08. The van der Waals surface area contributed by atoms with E-state index in [1.165, 1.54) is 0 Å². The van der Waals surface area contributed by atoms with E-state index in [9.17, 15) is 5.11 Å². The van der Waals surface area contributed by atoms with Crippen LogP contribution in [0.3, 0.4) is 0 Å². The molecule has 2 aromatic rings. The van der Waals surface area contributed by atoms with Crippen LogP contribution in [0.15, 0.2) is 30.3 Å². The summed E-state index contributed by atoms with van der Waals surface area (Å²) < 4.78 is 7.63. The Balaban J connectivity index is 2.05. The highest BCUT2D eigenvalue weighted by Gasteiger charge is 2.06. The summed E-state index contributed by atoms with van der Waals surface area (Å²) in [5.74, 6) is 0.990. The van der Waals surface area contributed by atoms with Gasteiger partial charge in [-0.3, -0.25) is 4.68 Å². The van der Waals surface area contributed by atoms with Gasteiger partial charge in [0, 0.05) is 6.54 Å². The number of hydrogen-bond donors (Lipinski definition) is 1. The number of ether oxygens (including phenoxy) is 1. The van der Waals surface area contributed by atoms with Crippen molar-refractivity contribution in [3.8, 4) is 11.5 Å². The number of aromatic nitrogens is 2. The smallest absolute Gasteiger partial charge is 0.130 e.